The van der Waals surface area contributed by atoms with Gasteiger partial charge in [-0.15, -0.1) is 0 Å². The fourth-order valence-corrected chi connectivity index (χ4v) is 1.57. The molecule has 0 radical (unpaired) electrons. The summed E-state index contributed by atoms with van der Waals surface area (Å²) >= 11 is 3.30. The Morgan fingerprint density at radius 1 is 1.25 bits per heavy atom. The van der Waals surface area contributed by atoms with Gasteiger partial charge in [-0.3, -0.25) is 4.98 Å². The number of halogens is 2. The van der Waals surface area contributed by atoms with Crippen LogP contribution >= 0.6 is 15.9 Å². The fraction of sp³-hybridized carbons (Fsp3) is 0. The van der Waals surface area contributed by atoms with E-state index in [1.807, 2.05) is 6.07 Å². The molecule has 0 saturated carbocycles. The molecule has 2 rings (SSSR count). The smallest absolute Gasteiger partial charge is 0.134 e. The van der Waals surface area contributed by atoms with Gasteiger partial charge in [0.1, 0.15) is 5.82 Å². The molecule has 12 heavy (non-hydrogen) atoms. The quantitative estimate of drug-likeness (QED) is 0.672. The molecule has 3 heteroatoms. The maximum Gasteiger partial charge on any atom is 0.134 e. The Morgan fingerprint density at radius 2 is 2.08 bits per heavy atom. The Kier molecular flexibility index (Phi) is 1.81. The third kappa shape index (κ3) is 1.10. The van der Waals surface area contributed by atoms with Crippen molar-refractivity contribution in [3.05, 3.63) is 40.8 Å². The number of benzene rings is 1. The lowest BCUT2D eigenvalue weighted by molar-refractivity contribution is 0.638. The third-order valence-corrected chi connectivity index (χ3v) is 2.31. The minimum atomic E-state index is -0.235. The summed E-state index contributed by atoms with van der Waals surface area (Å²) in [5.74, 6) is -0.235. The van der Waals surface area contributed by atoms with Crippen molar-refractivity contribution in [2.75, 3.05) is 0 Å². The van der Waals surface area contributed by atoms with Gasteiger partial charge in [0.2, 0.25) is 0 Å². The molecule has 0 aliphatic rings. The summed E-state index contributed by atoms with van der Waals surface area (Å²) in [5.41, 5.74) is 0.664. The van der Waals surface area contributed by atoms with Crippen molar-refractivity contribution < 1.29 is 4.39 Å². The Balaban J connectivity index is 2.94. The van der Waals surface area contributed by atoms with Crippen LogP contribution in [0, 0.1) is 5.82 Å². The molecule has 0 spiro atoms. The molecule has 1 nitrogen and oxygen atoms in total. The van der Waals surface area contributed by atoms with Gasteiger partial charge < -0.3 is 0 Å². The van der Waals surface area contributed by atoms with Crippen molar-refractivity contribution in [2.45, 2.75) is 0 Å². The van der Waals surface area contributed by atoms with Crippen LogP contribution < -0.4 is 0 Å². The van der Waals surface area contributed by atoms with Crippen LogP contribution in [0.3, 0.4) is 0 Å². The summed E-state index contributed by atoms with van der Waals surface area (Å²) in [7, 11) is 0. The van der Waals surface area contributed by atoms with Crippen LogP contribution in [-0.4, -0.2) is 4.98 Å². The van der Waals surface area contributed by atoms with E-state index in [2.05, 4.69) is 20.9 Å². The topological polar surface area (TPSA) is 12.9 Å². The van der Waals surface area contributed by atoms with E-state index in [4.69, 9.17) is 0 Å². The van der Waals surface area contributed by atoms with Crippen LogP contribution in [0.15, 0.2) is 34.9 Å². The second-order valence-electron chi connectivity index (χ2n) is 2.43. The lowest BCUT2D eigenvalue weighted by Crippen LogP contribution is -1.83. The van der Waals surface area contributed by atoms with Gasteiger partial charge in [-0.25, -0.2) is 4.39 Å². The van der Waals surface area contributed by atoms with Crippen molar-refractivity contribution in [2.24, 2.45) is 0 Å². The molecule has 0 N–H and O–H groups in total. The second kappa shape index (κ2) is 2.83. The molecule has 0 atom stereocenters. The molecular weight excluding hydrogens is 221 g/mol. The monoisotopic (exact) mass is 225 g/mol. The predicted octanol–water partition coefficient (Wildman–Crippen LogP) is 3.14. The number of fused-ring (bicyclic) bond motifs is 1. The zero-order chi connectivity index (χ0) is 8.55. The van der Waals surface area contributed by atoms with Crippen LogP contribution in [0.25, 0.3) is 10.9 Å². The van der Waals surface area contributed by atoms with E-state index in [0.717, 1.165) is 4.47 Å². The van der Waals surface area contributed by atoms with Crippen LogP contribution in [0.1, 0.15) is 0 Å². The number of hydrogen-bond acceptors (Lipinski definition) is 1. The normalized spacial score (nSPS) is 10.5. The van der Waals surface area contributed by atoms with Crippen LogP contribution in [-0.2, 0) is 0 Å². The molecule has 0 bridgehead atoms. The van der Waals surface area contributed by atoms with E-state index < -0.39 is 0 Å². The van der Waals surface area contributed by atoms with Crippen LogP contribution in [0.2, 0.25) is 0 Å². The second-order valence-corrected chi connectivity index (χ2v) is 3.28. The lowest BCUT2D eigenvalue weighted by Gasteiger charge is -1.98. The number of rotatable bonds is 0. The highest BCUT2D eigenvalue weighted by Crippen LogP contribution is 2.22. The summed E-state index contributed by atoms with van der Waals surface area (Å²) in [5, 5.41) is 0.548. The van der Waals surface area contributed by atoms with E-state index in [-0.39, 0.29) is 5.82 Å². The largest absolute Gasteiger partial charge is 0.255 e. The van der Waals surface area contributed by atoms with Gasteiger partial charge in [0.05, 0.1) is 5.52 Å². The van der Waals surface area contributed by atoms with Gasteiger partial charge >= 0.3 is 0 Å². The molecule has 1 aromatic carbocycles. The minimum absolute atomic E-state index is 0.235. The molecule has 60 valence electrons. The highest BCUT2D eigenvalue weighted by Gasteiger charge is 2.02. The number of hydrogen-bond donors (Lipinski definition) is 0. The SMILES string of the molecule is Fc1ccnc2c(Br)cccc12. The third-order valence-electron chi connectivity index (χ3n) is 1.67. The minimum Gasteiger partial charge on any atom is -0.255 e. The van der Waals surface area contributed by atoms with E-state index in [1.54, 1.807) is 12.1 Å². The molecule has 0 aliphatic carbocycles. The average Bonchev–Trinajstić information content (AvgIpc) is 2.07. The maximum atomic E-state index is 13.1. The molecule has 2 aromatic rings. The fourth-order valence-electron chi connectivity index (χ4n) is 1.11. The highest BCUT2D eigenvalue weighted by molar-refractivity contribution is 9.10. The first-order valence-electron chi connectivity index (χ1n) is 3.48. The summed E-state index contributed by atoms with van der Waals surface area (Å²) < 4.78 is 13.9. The van der Waals surface area contributed by atoms with Crippen molar-refractivity contribution in [3.63, 3.8) is 0 Å². The molecule has 0 unspecified atom stereocenters. The Labute approximate surface area is 77.4 Å². The van der Waals surface area contributed by atoms with Gasteiger partial charge in [-0.05, 0) is 34.1 Å². The van der Waals surface area contributed by atoms with Crippen LogP contribution in [0.5, 0.6) is 0 Å². The Hall–Kier alpha value is -0.960. The molecule has 1 aromatic heterocycles. The van der Waals surface area contributed by atoms with Crippen molar-refractivity contribution >= 4 is 26.8 Å². The lowest BCUT2D eigenvalue weighted by atomic mass is 10.2. The summed E-state index contributed by atoms with van der Waals surface area (Å²) in [4.78, 5) is 4.05. The van der Waals surface area contributed by atoms with Crippen molar-refractivity contribution in [1.82, 2.24) is 4.98 Å². The standard InChI is InChI=1S/C9H5BrFN/c10-7-3-1-2-6-8(11)4-5-12-9(6)7/h1-5H. The molecule has 0 fully saturated rings. The molecule has 0 amide bonds. The van der Waals surface area contributed by atoms with E-state index in [0.29, 0.717) is 10.9 Å². The van der Waals surface area contributed by atoms with Crippen molar-refractivity contribution in [1.29, 1.82) is 0 Å². The summed E-state index contributed by atoms with van der Waals surface area (Å²) in [6.45, 7) is 0. The van der Waals surface area contributed by atoms with Gasteiger partial charge in [0.25, 0.3) is 0 Å². The number of aromatic nitrogens is 1. The first kappa shape index (κ1) is 7.68. The molecule has 1 heterocycles. The molecule has 0 saturated heterocycles. The van der Waals surface area contributed by atoms with Gasteiger partial charge in [0.15, 0.2) is 0 Å². The highest BCUT2D eigenvalue weighted by atomic mass is 79.9. The average molecular weight is 226 g/mol. The number of para-hydroxylation sites is 1. The zero-order valence-corrected chi connectivity index (χ0v) is 7.68. The van der Waals surface area contributed by atoms with Crippen LogP contribution in [0.4, 0.5) is 4.39 Å². The summed E-state index contributed by atoms with van der Waals surface area (Å²) in [6, 6.07) is 6.70. The molecule has 0 aliphatic heterocycles. The van der Waals surface area contributed by atoms with E-state index >= 15 is 0 Å². The molecular formula is C9H5BrFN. The predicted molar refractivity (Wildman–Crippen MR) is 49.4 cm³/mol. The van der Waals surface area contributed by atoms with E-state index in [1.165, 1.54) is 12.3 Å². The summed E-state index contributed by atoms with van der Waals surface area (Å²) in [6.07, 6.45) is 1.46. The number of pyridine rings is 1. The van der Waals surface area contributed by atoms with E-state index in [9.17, 15) is 4.39 Å². The first-order valence-corrected chi connectivity index (χ1v) is 4.27. The van der Waals surface area contributed by atoms with Gasteiger partial charge in [0, 0.05) is 16.1 Å². The van der Waals surface area contributed by atoms with Gasteiger partial charge in [-0.1, -0.05) is 6.07 Å². The Morgan fingerprint density at radius 3 is 2.83 bits per heavy atom. The Bertz CT molecular complexity index is 387. The zero-order valence-electron chi connectivity index (χ0n) is 6.09. The first-order chi connectivity index (χ1) is 5.79. The van der Waals surface area contributed by atoms with Crippen molar-refractivity contribution in [3.8, 4) is 0 Å². The van der Waals surface area contributed by atoms with Gasteiger partial charge in [-0.2, -0.15) is 0 Å². The number of nitrogens with zero attached hydrogens (tertiary/aromatic N) is 1. The maximum absolute atomic E-state index is 13.1.